The Balaban J connectivity index is 1.66. The summed E-state index contributed by atoms with van der Waals surface area (Å²) in [5, 5.41) is 20.4. The second-order valence-corrected chi connectivity index (χ2v) is 7.14. The van der Waals surface area contributed by atoms with Crippen LogP contribution in [0.2, 0.25) is 0 Å². The number of aliphatic hydroxyl groups is 2. The molecule has 0 aromatic heterocycles. The highest BCUT2D eigenvalue weighted by molar-refractivity contribution is 5.59. The molecule has 2 N–H and O–H groups in total. The average Bonchev–Trinajstić information content (AvgIpc) is 2.77. The molecule has 1 aliphatic rings. The van der Waals surface area contributed by atoms with Crippen LogP contribution in [-0.4, -0.2) is 61.3 Å². The number of carbonyl (C=O) groups excluding carboxylic acids is 1. The van der Waals surface area contributed by atoms with Crippen molar-refractivity contribution in [2.45, 2.75) is 44.4 Å². The van der Waals surface area contributed by atoms with E-state index < -0.39 is 30.8 Å². The van der Waals surface area contributed by atoms with Gasteiger partial charge in [0.05, 0.1) is 19.8 Å². The van der Waals surface area contributed by atoms with Crippen molar-refractivity contribution < 1.29 is 38.7 Å². The smallest absolute Gasteiger partial charge is 0.497 e. The molecule has 4 atom stereocenters. The Morgan fingerprint density at radius 2 is 1.84 bits per heavy atom. The van der Waals surface area contributed by atoms with Crippen LogP contribution in [0.3, 0.4) is 0 Å². The van der Waals surface area contributed by atoms with Gasteiger partial charge in [0.25, 0.3) is 0 Å². The summed E-state index contributed by atoms with van der Waals surface area (Å²) in [6, 6.07) is 15.3. The van der Waals surface area contributed by atoms with Gasteiger partial charge in [-0.05, 0) is 36.2 Å². The van der Waals surface area contributed by atoms with Gasteiger partial charge >= 0.3 is 6.16 Å². The highest BCUT2D eigenvalue weighted by Crippen LogP contribution is 2.28. The average molecular weight is 432 g/mol. The normalized spacial score (nSPS) is 23.1. The molecule has 1 heterocycles. The Labute approximate surface area is 181 Å². The lowest BCUT2D eigenvalue weighted by atomic mass is 10.0. The highest BCUT2D eigenvalue weighted by atomic mass is 16.7. The number of carbonyl (C=O) groups is 1. The second kappa shape index (κ2) is 11.0. The Hall–Kier alpha value is -2.81. The molecule has 1 fully saturated rings. The van der Waals surface area contributed by atoms with Gasteiger partial charge in [0.2, 0.25) is 6.29 Å². The summed E-state index contributed by atoms with van der Waals surface area (Å²) in [4.78, 5) is 11.4. The molecule has 8 heteroatoms. The Morgan fingerprint density at radius 1 is 1.10 bits per heavy atom. The fourth-order valence-electron chi connectivity index (χ4n) is 3.31. The molecule has 8 nitrogen and oxygen atoms in total. The maximum atomic E-state index is 11.4. The predicted octanol–water partition coefficient (Wildman–Crippen LogP) is 2.67. The van der Waals surface area contributed by atoms with Gasteiger partial charge in [0.1, 0.15) is 30.3 Å². The van der Waals surface area contributed by atoms with Gasteiger partial charge < -0.3 is 33.9 Å². The predicted molar refractivity (Wildman–Crippen MR) is 111 cm³/mol. The SMILES string of the molecule is CCOC(=O)OCC1OC(Oc2ccccc2Cc2ccc(OC)cc2)CC(O)[C@@H]1O. The number of benzene rings is 2. The number of rotatable bonds is 8. The van der Waals surface area contributed by atoms with Crippen molar-refractivity contribution in [3.63, 3.8) is 0 Å². The summed E-state index contributed by atoms with van der Waals surface area (Å²) in [5.41, 5.74) is 2.02. The second-order valence-electron chi connectivity index (χ2n) is 7.14. The van der Waals surface area contributed by atoms with Gasteiger partial charge in [0.15, 0.2) is 0 Å². The molecular weight excluding hydrogens is 404 g/mol. The fraction of sp³-hybridized carbons (Fsp3) is 0.435. The fourth-order valence-corrected chi connectivity index (χ4v) is 3.31. The van der Waals surface area contributed by atoms with E-state index in [1.807, 2.05) is 48.5 Å². The minimum atomic E-state index is -1.20. The molecule has 3 rings (SSSR count). The summed E-state index contributed by atoms with van der Waals surface area (Å²) >= 11 is 0. The van der Waals surface area contributed by atoms with E-state index in [2.05, 4.69) is 0 Å². The van der Waals surface area contributed by atoms with Crippen molar-refractivity contribution in [2.75, 3.05) is 20.3 Å². The number of ether oxygens (including phenoxy) is 5. The zero-order chi connectivity index (χ0) is 22.2. The quantitative estimate of drug-likeness (QED) is 0.614. The number of hydrogen-bond donors (Lipinski definition) is 2. The van der Waals surface area contributed by atoms with E-state index >= 15 is 0 Å². The van der Waals surface area contributed by atoms with E-state index in [1.54, 1.807) is 14.0 Å². The maximum Gasteiger partial charge on any atom is 0.508 e. The molecule has 0 saturated carbocycles. The Kier molecular flexibility index (Phi) is 8.11. The lowest BCUT2D eigenvalue weighted by Crippen LogP contribution is -2.51. The first kappa shape index (κ1) is 22.9. The summed E-state index contributed by atoms with van der Waals surface area (Å²) in [6.45, 7) is 1.57. The monoisotopic (exact) mass is 432 g/mol. The molecule has 0 bridgehead atoms. The zero-order valence-electron chi connectivity index (χ0n) is 17.6. The van der Waals surface area contributed by atoms with Crippen molar-refractivity contribution in [1.82, 2.24) is 0 Å². The number of hydrogen-bond acceptors (Lipinski definition) is 8. The van der Waals surface area contributed by atoms with Crippen LogP contribution in [-0.2, 0) is 20.6 Å². The van der Waals surface area contributed by atoms with Crippen LogP contribution >= 0.6 is 0 Å². The molecule has 168 valence electrons. The molecule has 0 spiro atoms. The third kappa shape index (κ3) is 6.33. The minimum Gasteiger partial charge on any atom is -0.497 e. The van der Waals surface area contributed by atoms with Crippen molar-refractivity contribution in [1.29, 1.82) is 0 Å². The van der Waals surface area contributed by atoms with Gasteiger partial charge in [-0.15, -0.1) is 0 Å². The van der Waals surface area contributed by atoms with Gasteiger partial charge in [-0.2, -0.15) is 0 Å². The third-order valence-electron chi connectivity index (χ3n) is 4.95. The number of methoxy groups -OCH3 is 1. The van der Waals surface area contributed by atoms with E-state index in [0.717, 1.165) is 16.9 Å². The van der Waals surface area contributed by atoms with Gasteiger partial charge in [0, 0.05) is 12.8 Å². The highest BCUT2D eigenvalue weighted by Gasteiger charge is 2.38. The molecule has 0 radical (unpaired) electrons. The van der Waals surface area contributed by atoms with E-state index in [1.165, 1.54) is 0 Å². The van der Waals surface area contributed by atoms with Crippen LogP contribution in [0.25, 0.3) is 0 Å². The van der Waals surface area contributed by atoms with Crippen molar-refractivity contribution in [3.05, 3.63) is 59.7 Å². The van der Waals surface area contributed by atoms with Crippen LogP contribution in [0.15, 0.2) is 48.5 Å². The van der Waals surface area contributed by atoms with Crippen molar-refractivity contribution >= 4 is 6.16 Å². The van der Waals surface area contributed by atoms with E-state index in [-0.39, 0.29) is 19.6 Å². The molecule has 31 heavy (non-hydrogen) atoms. The molecule has 2 aromatic rings. The van der Waals surface area contributed by atoms with Crippen LogP contribution < -0.4 is 9.47 Å². The van der Waals surface area contributed by atoms with Crippen LogP contribution in [0, 0.1) is 0 Å². The lowest BCUT2D eigenvalue weighted by molar-refractivity contribution is -0.231. The van der Waals surface area contributed by atoms with Crippen molar-refractivity contribution in [2.24, 2.45) is 0 Å². The Morgan fingerprint density at radius 3 is 2.55 bits per heavy atom. The maximum absolute atomic E-state index is 11.4. The summed E-state index contributed by atoms with van der Waals surface area (Å²) in [7, 11) is 1.62. The standard InChI is InChI=1S/C23H28O8/c1-3-28-23(26)29-14-20-22(25)18(24)13-21(31-20)30-19-7-5-4-6-16(19)12-15-8-10-17(27-2)11-9-15/h4-11,18,20-22,24-25H,3,12-14H2,1-2H3/t18?,20?,21?,22-/m0/s1. The molecule has 1 saturated heterocycles. The molecule has 1 aliphatic heterocycles. The number of aliphatic hydroxyl groups excluding tert-OH is 2. The van der Waals surface area contributed by atoms with Gasteiger partial charge in [-0.1, -0.05) is 30.3 Å². The van der Waals surface area contributed by atoms with E-state index in [4.69, 9.17) is 23.7 Å². The van der Waals surface area contributed by atoms with Gasteiger partial charge in [-0.3, -0.25) is 0 Å². The molecular formula is C23H28O8. The lowest BCUT2D eigenvalue weighted by Gasteiger charge is -2.36. The topological polar surface area (TPSA) is 104 Å². The Bertz CT molecular complexity index is 838. The molecule has 3 unspecified atom stereocenters. The van der Waals surface area contributed by atoms with E-state index in [9.17, 15) is 15.0 Å². The van der Waals surface area contributed by atoms with E-state index in [0.29, 0.717) is 12.2 Å². The molecule has 0 amide bonds. The third-order valence-corrected chi connectivity index (χ3v) is 4.95. The summed E-state index contributed by atoms with van der Waals surface area (Å²) in [5.74, 6) is 1.39. The van der Waals surface area contributed by atoms with Gasteiger partial charge in [-0.25, -0.2) is 4.79 Å². The first-order valence-corrected chi connectivity index (χ1v) is 10.2. The molecule has 2 aromatic carbocycles. The first-order chi connectivity index (χ1) is 15.0. The number of para-hydroxylation sites is 1. The minimum absolute atomic E-state index is 0.0773. The van der Waals surface area contributed by atoms with Crippen LogP contribution in [0.4, 0.5) is 4.79 Å². The van der Waals surface area contributed by atoms with Crippen LogP contribution in [0.1, 0.15) is 24.5 Å². The largest absolute Gasteiger partial charge is 0.508 e. The zero-order valence-corrected chi connectivity index (χ0v) is 17.6. The summed E-state index contributed by atoms with van der Waals surface area (Å²) in [6.07, 6.45) is -4.19. The van der Waals surface area contributed by atoms with Crippen LogP contribution in [0.5, 0.6) is 11.5 Å². The first-order valence-electron chi connectivity index (χ1n) is 10.2. The summed E-state index contributed by atoms with van der Waals surface area (Å²) < 4.78 is 26.6. The molecule has 0 aliphatic carbocycles. The van der Waals surface area contributed by atoms with Crippen molar-refractivity contribution in [3.8, 4) is 11.5 Å².